The standard InChI is InChI=1S/C15H21ClN2O2/c1-18(2)13(11-6-3-4-7-12(11)16)10-17-15(19)14-8-5-9-20-14/h3-4,6-7,13-14H,5,8-10H2,1-2H3,(H,17,19). The molecule has 0 aromatic heterocycles. The minimum absolute atomic E-state index is 0.0265. The molecule has 1 amide bonds. The van der Waals surface area contributed by atoms with Gasteiger partial charge in [-0.25, -0.2) is 0 Å². The Hall–Kier alpha value is -1.10. The molecule has 1 aliphatic rings. The van der Waals surface area contributed by atoms with E-state index in [2.05, 4.69) is 10.2 Å². The largest absolute Gasteiger partial charge is 0.368 e. The van der Waals surface area contributed by atoms with Gasteiger partial charge in [0.1, 0.15) is 6.10 Å². The maximum Gasteiger partial charge on any atom is 0.249 e. The molecule has 0 aliphatic carbocycles. The molecule has 0 radical (unpaired) electrons. The van der Waals surface area contributed by atoms with Gasteiger partial charge in [0.05, 0.1) is 6.04 Å². The van der Waals surface area contributed by atoms with E-state index >= 15 is 0 Å². The molecule has 2 rings (SSSR count). The Morgan fingerprint density at radius 2 is 2.25 bits per heavy atom. The molecule has 1 saturated heterocycles. The highest BCUT2D eigenvalue weighted by Gasteiger charge is 2.25. The van der Waals surface area contributed by atoms with E-state index in [1.807, 2.05) is 38.4 Å². The van der Waals surface area contributed by atoms with Crippen LogP contribution in [-0.2, 0) is 9.53 Å². The fourth-order valence-corrected chi connectivity index (χ4v) is 2.67. The molecule has 1 heterocycles. The van der Waals surface area contributed by atoms with Crippen LogP contribution in [0.25, 0.3) is 0 Å². The van der Waals surface area contributed by atoms with Crippen LogP contribution >= 0.6 is 11.6 Å². The molecule has 110 valence electrons. The molecule has 0 saturated carbocycles. The van der Waals surface area contributed by atoms with Crippen LogP contribution in [0.4, 0.5) is 0 Å². The highest BCUT2D eigenvalue weighted by atomic mass is 35.5. The first-order valence-electron chi connectivity index (χ1n) is 6.89. The highest BCUT2D eigenvalue weighted by Crippen LogP contribution is 2.25. The fraction of sp³-hybridized carbons (Fsp3) is 0.533. The van der Waals surface area contributed by atoms with E-state index in [0.717, 1.165) is 23.4 Å². The molecular formula is C15H21ClN2O2. The van der Waals surface area contributed by atoms with Crippen molar-refractivity contribution in [3.8, 4) is 0 Å². The number of benzene rings is 1. The average Bonchev–Trinajstić information content (AvgIpc) is 2.94. The molecule has 5 heteroatoms. The van der Waals surface area contributed by atoms with Gasteiger partial charge in [-0.05, 0) is 38.6 Å². The normalized spacial score (nSPS) is 20.1. The first kappa shape index (κ1) is 15.3. The minimum Gasteiger partial charge on any atom is -0.368 e. The third-order valence-corrected chi connectivity index (χ3v) is 3.92. The number of carbonyl (C=O) groups excluding carboxylic acids is 1. The zero-order valence-electron chi connectivity index (χ0n) is 11.9. The molecule has 1 aliphatic heterocycles. The molecule has 1 aromatic carbocycles. The fourth-order valence-electron chi connectivity index (χ4n) is 2.41. The minimum atomic E-state index is -0.288. The lowest BCUT2D eigenvalue weighted by atomic mass is 10.1. The van der Waals surface area contributed by atoms with Crippen LogP contribution in [0.2, 0.25) is 5.02 Å². The molecule has 2 unspecified atom stereocenters. The number of nitrogens with one attached hydrogen (secondary N) is 1. The van der Waals surface area contributed by atoms with Crippen LogP contribution in [0.5, 0.6) is 0 Å². The molecule has 0 bridgehead atoms. The van der Waals surface area contributed by atoms with Gasteiger partial charge in [0.15, 0.2) is 0 Å². The molecule has 1 aromatic rings. The molecule has 1 fully saturated rings. The Kier molecular flexibility index (Phi) is 5.40. The predicted molar refractivity (Wildman–Crippen MR) is 79.9 cm³/mol. The number of ether oxygens (including phenoxy) is 1. The predicted octanol–water partition coefficient (Wildman–Crippen LogP) is 2.24. The van der Waals surface area contributed by atoms with E-state index < -0.39 is 0 Å². The summed E-state index contributed by atoms with van der Waals surface area (Å²) in [6, 6.07) is 7.78. The summed E-state index contributed by atoms with van der Waals surface area (Å²) >= 11 is 6.24. The quantitative estimate of drug-likeness (QED) is 0.906. The second kappa shape index (κ2) is 7.07. The van der Waals surface area contributed by atoms with Gasteiger partial charge in [0, 0.05) is 18.2 Å². The summed E-state index contributed by atoms with van der Waals surface area (Å²) in [6.45, 7) is 1.20. The topological polar surface area (TPSA) is 41.6 Å². The number of carbonyl (C=O) groups is 1. The van der Waals surface area contributed by atoms with Gasteiger partial charge in [-0.2, -0.15) is 0 Å². The van der Waals surface area contributed by atoms with E-state index in [0.29, 0.717) is 13.2 Å². The van der Waals surface area contributed by atoms with E-state index in [1.165, 1.54) is 0 Å². The van der Waals surface area contributed by atoms with Gasteiger partial charge in [0.2, 0.25) is 5.91 Å². The molecule has 0 spiro atoms. The summed E-state index contributed by atoms with van der Waals surface area (Å²) in [7, 11) is 3.96. The van der Waals surface area contributed by atoms with Gasteiger partial charge in [-0.15, -0.1) is 0 Å². The van der Waals surface area contributed by atoms with Crippen LogP contribution in [0, 0.1) is 0 Å². The van der Waals surface area contributed by atoms with Gasteiger partial charge < -0.3 is 15.0 Å². The SMILES string of the molecule is CN(C)C(CNC(=O)C1CCCO1)c1ccccc1Cl. The molecule has 20 heavy (non-hydrogen) atoms. The monoisotopic (exact) mass is 296 g/mol. The second-order valence-corrected chi connectivity index (χ2v) is 5.65. The molecule has 2 atom stereocenters. The Labute approximate surface area is 125 Å². The van der Waals surface area contributed by atoms with Crippen LogP contribution in [-0.4, -0.2) is 44.2 Å². The van der Waals surface area contributed by atoms with Crippen molar-refractivity contribution in [1.82, 2.24) is 10.2 Å². The molecule has 4 nitrogen and oxygen atoms in total. The summed E-state index contributed by atoms with van der Waals surface area (Å²) < 4.78 is 5.39. The van der Waals surface area contributed by atoms with Gasteiger partial charge in [-0.3, -0.25) is 4.79 Å². The number of nitrogens with zero attached hydrogens (tertiary/aromatic N) is 1. The van der Waals surface area contributed by atoms with Gasteiger partial charge >= 0.3 is 0 Å². The zero-order valence-corrected chi connectivity index (χ0v) is 12.7. The maximum atomic E-state index is 12.0. The number of amides is 1. The highest BCUT2D eigenvalue weighted by molar-refractivity contribution is 6.31. The first-order valence-corrected chi connectivity index (χ1v) is 7.27. The Morgan fingerprint density at radius 1 is 1.50 bits per heavy atom. The Bertz CT molecular complexity index is 459. The van der Waals surface area contributed by atoms with Crippen molar-refractivity contribution in [2.75, 3.05) is 27.2 Å². The lowest BCUT2D eigenvalue weighted by Crippen LogP contribution is -2.39. The zero-order chi connectivity index (χ0) is 14.5. The van der Waals surface area contributed by atoms with E-state index in [1.54, 1.807) is 0 Å². The van der Waals surface area contributed by atoms with Crippen molar-refractivity contribution >= 4 is 17.5 Å². The van der Waals surface area contributed by atoms with Crippen LogP contribution in [0.15, 0.2) is 24.3 Å². The van der Waals surface area contributed by atoms with Crippen molar-refractivity contribution in [3.63, 3.8) is 0 Å². The molecule has 1 N–H and O–H groups in total. The maximum absolute atomic E-state index is 12.0. The Balaban J connectivity index is 1.99. The molecular weight excluding hydrogens is 276 g/mol. The van der Waals surface area contributed by atoms with Gasteiger partial charge in [-0.1, -0.05) is 29.8 Å². The lowest BCUT2D eigenvalue weighted by Gasteiger charge is -2.26. The van der Waals surface area contributed by atoms with Crippen LogP contribution < -0.4 is 5.32 Å². The first-order chi connectivity index (χ1) is 9.59. The van der Waals surface area contributed by atoms with E-state index in [9.17, 15) is 4.79 Å². The summed E-state index contributed by atoms with van der Waals surface area (Å²) in [6.07, 6.45) is 1.48. The summed E-state index contributed by atoms with van der Waals surface area (Å²) in [5, 5.41) is 3.69. The second-order valence-electron chi connectivity index (χ2n) is 5.25. The van der Waals surface area contributed by atoms with E-state index in [4.69, 9.17) is 16.3 Å². The van der Waals surface area contributed by atoms with Crippen molar-refractivity contribution in [1.29, 1.82) is 0 Å². The Morgan fingerprint density at radius 3 is 2.85 bits per heavy atom. The van der Waals surface area contributed by atoms with Crippen LogP contribution in [0.3, 0.4) is 0 Å². The van der Waals surface area contributed by atoms with Crippen molar-refractivity contribution in [3.05, 3.63) is 34.9 Å². The summed E-state index contributed by atoms with van der Waals surface area (Å²) in [5.74, 6) is -0.0265. The average molecular weight is 297 g/mol. The van der Waals surface area contributed by atoms with E-state index in [-0.39, 0.29) is 18.1 Å². The number of likely N-dealkylation sites (N-methyl/N-ethyl adjacent to an activating group) is 1. The van der Waals surface area contributed by atoms with Crippen LogP contribution in [0.1, 0.15) is 24.4 Å². The third kappa shape index (κ3) is 3.72. The third-order valence-electron chi connectivity index (χ3n) is 3.58. The summed E-state index contributed by atoms with van der Waals surface area (Å²) in [5.41, 5.74) is 1.02. The number of rotatable bonds is 5. The van der Waals surface area contributed by atoms with Gasteiger partial charge in [0.25, 0.3) is 0 Å². The summed E-state index contributed by atoms with van der Waals surface area (Å²) in [4.78, 5) is 14.1. The number of hydrogen-bond donors (Lipinski definition) is 1. The number of hydrogen-bond acceptors (Lipinski definition) is 3. The van der Waals surface area contributed by atoms with Crippen molar-refractivity contribution in [2.45, 2.75) is 25.0 Å². The number of halogens is 1. The smallest absolute Gasteiger partial charge is 0.249 e. The van der Waals surface area contributed by atoms with Crippen molar-refractivity contribution < 1.29 is 9.53 Å². The lowest BCUT2D eigenvalue weighted by molar-refractivity contribution is -0.130. The van der Waals surface area contributed by atoms with Crippen molar-refractivity contribution in [2.24, 2.45) is 0 Å².